The number of amides is 2. The fraction of sp³-hybridized carbons (Fsp3) is 0.800. The highest BCUT2D eigenvalue weighted by Gasteiger charge is 2.42. The molecule has 1 aliphatic rings. The Morgan fingerprint density at radius 3 is 2.29 bits per heavy atom. The Labute approximate surface area is 125 Å². The first-order chi connectivity index (χ1) is 9.95. The van der Waals surface area contributed by atoms with Gasteiger partial charge in [0, 0.05) is 20.0 Å². The van der Waals surface area contributed by atoms with Crippen molar-refractivity contribution in [1.29, 1.82) is 0 Å². The van der Waals surface area contributed by atoms with Crippen molar-refractivity contribution in [1.82, 2.24) is 10.2 Å². The van der Waals surface area contributed by atoms with Crippen LogP contribution in [0.3, 0.4) is 0 Å². The molecule has 120 valence electrons. The third-order valence-corrected chi connectivity index (χ3v) is 4.21. The maximum absolute atomic E-state index is 12.4. The van der Waals surface area contributed by atoms with Crippen LogP contribution in [0.2, 0.25) is 0 Å². The SMILES string of the molecule is CCCN(CC(=O)NC)C(=O)CC1(C(=O)O)CCCCC1. The van der Waals surface area contributed by atoms with Gasteiger partial charge in [-0.1, -0.05) is 26.2 Å². The molecule has 1 rings (SSSR count). The molecule has 0 saturated heterocycles. The molecule has 1 aliphatic carbocycles. The molecular formula is C15H26N2O4. The zero-order valence-corrected chi connectivity index (χ0v) is 13.0. The number of carboxylic acids is 1. The van der Waals surface area contributed by atoms with E-state index in [-0.39, 0.29) is 24.8 Å². The first-order valence-electron chi connectivity index (χ1n) is 7.67. The molecule has 0 spiro atoms. The van der Waals surface area contributed by atoms with Crippen LogP contribution in [0.25, 0.3) is 0 Å². The van der Waals surface area contributed by atoms with Crippen LogP contribution in [-0.2, 0) is 14.4 Å². The Hall–Kier alpha value is -1.59. The highest BCUT2D eigenvalue weighted by molar-refractivity contribution is 5.88. The molecule has 2 amide bonds. The van der Waals surface area contributed by atoms with Gasteiger partial charge in [-0.25, -0.2) is 0 Å². The Morgan fingerprint density at radius 2 is 1.81 bits per heavy atom. The van der Waals surface area contributed by atoms with Crippen LogP contribution in [0.1, 0.15) is 51.9 Å². The van der Waals surface area contributed by atoms with Gasteiger partial charge in [0.1, 0.15) is 0 Å². The monoisotopic (exact) mass is 298 g/mol. The lowest BCUT2D eigenvalue weighted by Crippen LogP contribution is -2.44. The second-order valence-corrected chi connectivity index (χ2v) is 5.81. The molecule has 0 aromatic carbocycles. The molecule has 0 atom stereocenters. The topological polar surface area (TPSA) is 86.7 Å². The third kappa shape index (κ3) is 4.72. The quantitative estimate of drug-likeness (QED) is 0.743. The number of rotatable bonds is 7. The number of carbonyl (C=O) groups is 3. The van der Waals surface area contributed by atoms with Crippen molar-refractivity contribution in [2.45, 2.75) is 51.9 Å². The fourth-order valence-electron chi connectivity index (χ4n) is 2.91. The van der Waals surface area contributed by atoms with E-state index in [1.54, 1.807) is 0 Å². The zero-order chi connectivity index (χ0) is 15.9. The molecule has 0 aliphatic heterocycles. The van der Waals surface area contributed by atoms with E-state index in [0.29, 0.717) is 19.4 Å². The molecule has 1 fully saturated rings. The summed E-state index contributed by atoms with van der Waals surface area (Å²) in [4.78, 5) is 37.0. The molecular weight excluding hydrogens is 272 g/mol. The summed E-state index contributed by atoms with van der Waals surface area (Å²) in [6.07, 6.45) is 4.57. The van der Waals surface area contributed by atoms with Crippen molar-refractivity contribution in [2.24, 2.45) is 5.41 Å². The van der Waals surface area contributed by atoms with E-state index in [0.717, 1.165) is 25.7 Å². The molecule has 1 saturated carbocycles. The van der Waals surface area contributed by atoms with Gasteiger partial charge < -0.3 is 15.3 Å². The number of carboxylic acid groups (broad SMARTS) is 1. The summed E-state index contributed by atoms with van der Waals surface area (Å²) in [5.74, 6) is -1.35. The van der Waals surface area contributed by atoms with Crippen molar-refractivity contribution >= 4 is 17.8 Å². The summed E-state index contributed by atoms with van der Waals surface area (Å²) in [6.45, 7) is 2.40. The lowest BCUT2D eigenvalue weighted by molar-refractivity contribution is -0.156. The summed E-state index contributed by atoms with van der Waals surface area (Å²) in [5, 5.41) is 12.0. The Kier molecular flexibility index (Phi) is 6.65. The summed E-state index contributed by atoms with van der Waals surface area (Å²) in [6, 6.07) is 0. The zero-order valence-electron chi connectivity index (χ0n) is 13.0. The summed E-state index contributed by atoms with van der Waals surface area (Å²) in [7, 11) is 1.52. The number of carbonyl (C=O) groups excluding carboxylic acids is 2. The predicted molar refractivity (Wildman–Crippen MR) is 78.7 cm³/mol. The van der Waals surface area contributed by atoms with Gasteiger partial charge in [0.15, 0.2) is 0 Å². The van der Waals surface area contributed by atoms with E-state index in [2.05, 4.69) is 5.32 Å². The molecule has 2 N–H and O–H groups in total. The molecule has 0 bridgehead atoms. The largest absolute Gasteiger partial charge is 0.481 e. The minimum atomic E-state index is -0.940. The smallest absolute Gasteiger partial charge is 0.310 e. The van der Waals surface area contributed by atoms with E-state index >= 15 is 0 Å². The predicted octanol–water partition coefficient (Wildman–Crippen LogP) is 1.40. The van der Waals surface area contributed by atoms with Gasteiger partial charge in [-0.15, -0.1) is 0 Å². The van der Waals surface area contributed by atoms with Gasteiger partial charge in [0.05, 0.1) is 12.0 Å². The van der Waals surface area contributed by atoms with Gasteiger partial charge in [-0.3, -0.25) is 14.4 Å². The highest BCUT2D eigenvalue weighted by atomic mass is 16.4. The Balaban J connectivity index is 2.77. The number of nitrogens with one attached hydrogen (secondary N) is 1. The molecule has 0 heterocycles. The second kappa shape index (κ2) is 8.00. The maximum atomic E-state index is 12.4. The average Bonchev–Trinajstić information content (AvgIpc) is 2.47. The van der Waals surface area contributed by atoms with Crippen LogP contribution in [0.4, 0.5) is 0 Å². The minimum absolute atomic E-state index is 0.000667. The van der Waals surface area contributed by atoms with E-state index in [1.165, 1.54) is 11.9 Å². The highest BCUT2D eigenvalue weighted by Crippen LogP contribution is 2.40. The lowest BCUT2D eigenvalue weighted by Gasteiger charge is -2.34. The van der Waals surface area contributed by atoms with Crippen LogP contribution in [0.5, 0.6) is 0 Å². The number of hydrogen-bond acceptors (Lipinski definition) is 3. The lowest BCUT2D eigenvalue weighted by atomic mass is 9.71. The normalized spacial score (nSPS) is 17.0. The average molecular weight is 298 g/mol. The van der Waals surface area contributed by atoms with Gasteiger partial charge >= 0.3 is 5.97 Å². The molecule has 21 heavy (non-hydrogen) atoms. The first-order valence-corrected chi connectivity index (χ1v) is 7.67. The van der Waals surface area contributed by atoms with E-state index in [4.69, 9.17) is 0 Å². The molecule has 6 heteroatoms. The Morgan fingerprint density at radius 1 is 1.19 bits per heavy atom. The van der Waals surface area contributed by atoms with Crippen LogP contribution in [0.15, 0.2) is 0 Å². The minimum Gasteiger partial charge on any atom is -0.481 e. The number of nitrogens with zero attached hydrogens (tertiary/aromatic N) is 1. The number of aliphatic carboxylic acids is 1. The fourth-order valence-corrected chi connectivity index (χ4v) is 2.91. The van der Waals surface area contributed by atoms with Gasteiger partial charge in [-0.2, -0.15) is 0 Å². The van der Waals surface area contributed by atoms with Crippen LogP contribution < -0.4 is 5.32 Å². The van der Waals surface area contributed by atoms with Crippen LogP contribution >= 0.6 is 0 Å². The van der Waals surface area contributed by atoms with Gasteiger partial charge in [0.25, 0.3) is 0 Å². The van der Waals surface area contributed by atoms with Crippen molar-refractivity contribution in [3.8, 4) is 0 Å². The van der Waals surface area contributed by atoms with Crippen molar-refractivity contribution in [3.05, 3.63) is 0 Å². The van der Waals surface area contributed by atoms with Gasteiger partial charge in [-0.05, 0) is 19.3 Å². The standard InChI is InChI=1S/C15H26N2O4/c1-3-9-17(11-12(18)16-2)13(19)10-15(14(20)21)7-5-4-6-8-15/h3-11H2,1-2H3,(H,16,18)(H,20,21). The molecule has 0 aromatic rings. The van der Waals surface area contributed by atoms with E-state index < -0.39 is 11.4 Å². The first kappa shape index (κ1) is 17.5. The number of hydrogen-bond donors (Lipinski definition) is 2. The van der Waals surface area contributed by atoms with Crippen molar-refractivity contribution in [3.63, 3.8) is 0 Å². The van der Waals surface area contributed by atoms with Crippen molar-refractivity contribution in [2.75, 3.05) is 20.1 Å². The molecule has 6 nitrogen and oxygen atoms in total. The van der Waals surface area contributed by atoms with Crippen LogP contribution in [-0.4, -0.2) is 47.9 Å². The molecule has 0 unspecified atom stereocenters. The van der Waals surface area contributed by atoms with E-state index in [1.807, 2.05) is 6.92 Å². The number of likely N-dealkylation sites (N-methyl/N-ethyl adjacent to an activating group) is 1. The third-order valence-electron chi connectivity index (χ3n) is 4.21. The second-order valence-electron chi connectivity index (χ2n) is 5.81. The molecule has 0 radical (unpaired) electrons. The van der Waals surface area contributed by atoms with Crippen molar-refractivity contribution < 1.29 is 19.5 Å². The summed E-state index contributed by atoms with van der Waals surface area (Å²) < 4.78 is 0. The Bertz CT molecular complexity index is 389. The maximum Gasteiger partial charge on any atom is 0.310 e. The molecule has 0 aromatic heterocycles. The summed E-state index contributed by atoms with van der Waals surface area (Å²) >= 11 is 0. The van der Waals surface area contributed by atoms with E-state index in [9.17, 15) is 19.5 Å². The summed E-state index contributed by atoms with van der Waals surface area (Å²) in [5.41, 5.74) is -0.940. The van der Waals surface area contributed by atoms with Gasteiger partial charge in [0.2, 0.25) is 11.8 Å². The van der Waals surface area contributed by atoms with Crippen LogP contribution in [0, 0.1) is 5.41 Å².